The van der Waals surface area contributed by atoms with E-state index in [9.17, 15) is 9.90 Å². The molecule has 1 unspecified atom stereocenters. The van der Waals surface area contributed by atoms with Crippen molar-refractivity contribution in [1.82, 2.24) is 30.0 Å². The van der Waals surface area contributed by atoms with Crippen LogP contribution in [0.15, 0.2) is 65.6 Å². The number of aromatic nitrogens is 5. The molecule has 0 bridgehead atoms. The number of rotatable bonds is 5. The average Bonchev–Trinajstić information content (AvgIpc) is 3.43. The number of pyridine rings is 2. The Kier molecular flexibility index (Phi) is 4.83. The number of hydrogen-bond donors (Lipinski definition) is 2. The second-order valence-electron chi connectivity index (χ2n) is 7.45. The highest BCUT2D eigenvalue weighted by Gasteiger charge is 2.48. The van der Waals surface area contributed by atoms with Crippen molar-refractivity contribution in [2.75, 3.05) is 18.9 Å². The molecule has 10 nitrogen and oxygen atoms in total. The van der Waals surface area contributed by atoms with Crippen LogP contribution >= 0.6 is 0 Å². The monoisotopic (exact) mass is 429 g/mol. The minimum atomic E-state index is -1.70. The quantitative estimate of drug-likeness (QED) is 0.491. The van der Waals surface area contributed by atoms with Gasteiger partial charge >= 0.3 is 0 Å². The van der Waals surface area contributed by atoms with Gasteiger partial charge in [0.05, 0.1) is 17.1 Å². The molecule has 32 heavy (non-hydrogen) atoms. The van der Waals surface area contributed by atoms with Crippen LogP contribution in [-0.4, -0.2) is 54.6 Å². The van der Waals surface area contributed by atoms with Crippen LogP contribution in [0.2, 0.25) is 0 Å². The van der Waals surface area contributed by atoms with Crippen LogP contribution in [0.4, 0.5) is 11.6 Å². The molecule has 10 heteroatoms. The van der Waals surface area contributed by atoms with Gasteiger partial charge in [0, 0.05) is 50.4 Å². The smallest absolute Gasteiger partial charge is 0.262 e. The summed E-state index contributed by atoms with van der Waals surface area (Å²) >= 11 is 0. The van der Waals surface area contributed by atoms with Gasteiger partial charge in [-0.25, -0.2) is 15.0 Å². The third-order valence-electron chi connectivity index (χ3n) is 5.29. The Morgan fingerprint density at radius 2 is 1.78 bits per heavy atom. The van der Waals surface area contributed by atoms with Gasteiger partial charge in [0.1, 0.15) is 5.69 Å². The van der Waals surface area contributed by atoms with E-state index in [1.165, 1.54) is 4.90 Å². The number of carbonyl (C=O) groups excluding carboxylic acids is 1. The number of likely N-dealkylation sites (N-methyl/N-ethyl adjacent to an activating group) is 1. The Morgan fingerprint density at radius 1 is 1.03 bits per heavy atom. The molecule has 2 N–H and O–H groups in total. The van der Waals surface area contributed by atoms with E-state index in [-0.39, 0.29) is 12.2 Å². The molecular formula is C22H19N7O3. The summed E-state index contributed by atoms with van der Waals surface area (Å²) in [5, 5.41) is 17.9. The number of nitrogens with one attached hydrogen (secondary N) is 1. The number of anilines is 2. The summed E-state index contributed by atoms with van der Waals surface area (Å²) in [5.74, 6) is 0.132. The summed E-state index contributed by atoms with van der Waals surface area (Å²) in [4.78, 5) is 31.2. The molecule has 1 atom stereocenters. The van der Waals surface area contributed by atoms with Gasteiger partial charge in [-0.1, -0.05) is 11.2 Å². The average molecular weight is 429 g/mol. The molecule has 0 aromatic carbocycles. The van der Waals surface area contributed by atoms with E-state index in [1.807, 2.05) is 24.3 Å². The maximum absolute atomic E-state index is 12.3. The lowest BCUT2D eigenvalue weighted by Crippen LogP contribution is -2.35. The SMILES string of the molecule is CN1CCC(O)(c2cc(-c3cccc(-c4ccnc(Nc5ccncc5)n4)n3)no2)C1=O. The highest BCUT2D eigenvalue weighted by molar-refractivity contribution is 5.87. The summed E-state index contributed by atoms with van der Waals surface area (Å²) in [5.41, 5.74) is 1.30. The van der Waals surface area contributed by atoms with Crippen molar-refractivity contribution in [3.8, 4) is 22.8 Å². The lowest BCUT2D eigenvalue weighted by molar-refractivity contribution is -0.144. The third-order valence-corrected chi connectivity index (χ3v) is 5.29. The second-order valence-corrected chi connectivity index (χ2v) is 7.45. The second kappa shape index (κ2) is 7.82. The molecule has 4 aromatic rings. The molecule has 1 aliphatic heterocycles. The van der Waals surface area contributed by atoms with Gasteiger partial charge in [-0.3, -0.25) is 9.78 Å². The Balaban J connectivity index is 1.42. The van der Waals surface area contributed by atoms with Crippen molar-refractivity contribution in [1.29, 1.82) is 0 Å². The van der Waals surface area contributed by atoms with Gasteiger partial charge < -0.3 is 19.8 Å². The third kappa shape index (κ3) is 3.56. The van der Waals surface area contributed by atoms with Crippen LogP contribution in [0.1, 0.15) is 12.2 Å². The lowest BCUT2D eigenvalue weighted by atomic mass is 9.98. The fourth-order valence-corrected chi connectivity index (χ4v) is 3.52. The molecule has 1 amide bonds. The highest BCUT2D eigenvalue weighted by Crippen LogP contribution is 2.34. The standard InChI is InChI=1S/C22H19N7O3/c1-29-12-8-22(31,20(29)30)19-13-18(28-32-19)16-4-2-3-15(26-16)17-7-11-24-21(27-17)25-14-5-9-23-10-6-14/h2-7,9-11,13,31H,8,12H2,1H3,(H,23,24,25,27). The Labute approximate surface area is 183 Å². The Bertz CT molecular complexity index is 1280. The van der Waals surface area contributed by atoms with Crippen molar-refractivity contribution >= 4 is 17.5 Å². The minimum Gasteiger partial charge on any atom is -0.373 e. The zero-order valence-corrected chi connectivity index (χ0v) is 17.1. The van der Waals surface area contributed by atoms with Gasteiger partial charge in [-0.2, -0.15) is 0 Å². The number of aliphatic hydroxyl groups is 1. The number of hydrogen-bond acceptors (Lipinski definition) is 9. The number of carbonyl (C=O) groups is 1. The first kappa shape index (κ1) is 19.8. The summed E-state index contributed by atoms with van der Waals surface area (Å²) in [6.07, 6.45) is 5.25. The molecule has 0 spiro atoms. The number of amides is 1. The summed E-state index contributed by atoms with van der Waals surface area (Å²) in [6, 6.07) is 12.4. The normalized spacial score (nSPS) is 18.2. The molecule has 1 fully saturated rings. The predicted molar refractivity (Wildman–Crippen MR) is 114 cm³/mol. The van der Waals surface area contributed by atoms with E-state index in [4.69, 9.17) is 4.52 Å². The number of nitrogens with zero attached hydrogens (tertiary/aromatic N) is 6. The predicted octanol–water partition coefficient (Wildman–Crippen LogP) is 2.38. The fourth-order valence-electron chi connectivity index (χ4n) is 3.52. The maximum Gasteiger partial charge on any atom is 0.262 e. The van der Waals surface area contributed by atoms with E-state index in [1.54, 1.807) is 43.8 Å². The van der Waals surface area contributed by atoms with Crippen LogP contribution in [0, 0.1) is 0 Å². The summed E-state index contributed by atoms with van der Waals surface area (Å²) in [6.45, 7) is 0.447. The topological polar surface area (TPSA) is 130 Å². The fraction of sp³-hybridized carbons (Fsp3) is 0.182. The van der Waals surface area contributed by atoms with E-state index in [0.717, 1.165) is 5.69 Å². The minimum absolute atomic E-state index is 0.111. The number of likely N-dealkylation sites (tertiary alicyclic amines) is 1. The van der Waals surface area contributed by atoms with E-state index >= 15 is 0 Å². The van der Waals surface area contributed by atoms with Gasteiger partial charge in [-0.15, -0.1) is 0 Å². The summed E-state index contributed by atoms with van der Waals surface area (Å²) < 4.78 is 5.33. The van der Waals surface area contributed by atoms with Crippen LogP contribution in [-0.2, 0) is 10.4 Å². The first-order valence-corrected chi connectivity index (χ1v) is 9.96. The molecular weight excluding hydrogens is 410 g/mol. The molecule has 5 rings (SSSR count). The zero-order chi connectivity index (χ0) is 22.1. The van der Waals surface area contributed by atoms with Gasteiger partial charge in [0.25, 0.3) is 5.91 Å². The van der Waals surface area contributed by atoms with Crippen molar-refractivity contribution in [3.63, 3.8) is 0 Å². The zero-order valence-electron chi connectivity index (χ0n) is 17.1. The Hall–Kier alpha value is -4.18. The van der Waals surface area contributed by atoms with Gasteiger partial charge in [0.15, 0.2) is 5.76 Å². The molecule has 5 heterocycles. The first-order chi connectivity index (χ1) is 15.5. The van der Waals surface area contributed by atoms with Crippen molar-refractivity contribution in [3.05, 3.63) is 66.8 Å². The van der Waals surface area contributed by atoms with Gasteiger partial charge in [0.2, 0.25) is 11.5 Å². The molecule has 1 aliphatic rings. The molecule has 4 aromatic heterocycles. The first-order valence-electron chi connectivity index (χ1n) is 9.96. The van der Waals surface area contributed by atoms with Crippen molar-refractivity contribution in [2.24, 2.45) is 0 Å². The largest absolute Gasteiger partial charge is 0.373 e. The van der Waals surface area contributed by atoms with Crippen LogP contribution < -0.4 is 5.32 Å². The Morgan fingerprint density at radius 3 is 2.53 bits per heavy atom. The molecule has 1 saturated heterocycles. The maximum atomic E-state index is 12.3. The lowest BCUT2D eigenvalue weighted by Gasteiger charge is -2.16. The van der Waals surface area contributed by atoms with Crippen LogP contribution in [0.25, 0.3) is 22.8 Å². The van der Waals surface area contributed by atoms with E-state index < -0.39 is 11.5 Å². The molecule has 0 saturated carbocycles. The van der Waals surface area contributed by atoms with E-state index in [0.29, 0.717) is 35.3 Å². The summed E-state index contributed by atoms with van der Waals surface area (Å²) in [7, 11) is 1.64. The van der Waals surface area contributed by atoms with Crippen LogP contribution in [0.3, 0.4) is 0 Å². The highest BCUT2D eigenvalue weighted by atomic mass is 16.5. The van der Waals surface area contributed by atoms with Crippen LogP contribution in [0.5, 0.6) is 0 Å². The van der Waals surface area contributed by atoms with Crippen molar-refractivity contribution in [2.45, 2.75) is 12.0 Å². The van der Waals surface area contributed by atoms with Crippen molar-refractivity contribution < 1.29 is 14.4 Å². The molecule has 160 valence electrons. The van der Waals surface area contributed by atoms with E-state index in [2.05, 4.69) is 30.4 Å². The molecule has 0 radical (unpaired) electrons. The molecule has 0 aliphatic carbocycles. The van der Waals surface area contributed by atoms with Gasteiger partial charge in [-0.05, 0) is 30.3 Å².